The number of methoxy groups -OCH3 is 1. The van der Waals surface area contributed by atoms with Crippen LogP contribution in [0, 0.1) is 26.7 Å². The van der Waals surface area contributed by atoms with E-state index in [-0.39, 0.29) is 0 Å². The van der Waals surface area contributed by atoms with Gasteiger partial charge in [0.25, 0.3) is 6.01 Å². The maximum atomic E-state index is 5.66. The minimum atomic E-state index is 0.434. The molecular weight excluding hydrogens is 324 g/mol. The van der Waals surface area contributed by atoms with Crippen LogP contribution in [0.4, 0.5) is 0 Å². The molecule has 3 aromatic heterocycles. The summed E-state index contributed by atoms with van der Waals surface area (Å²) in [7, 11) is 1.70. The Morgan fingerprint density at radius 3 is 2.62 bits per heavy atom. The SMILES string of the molecule is CCC(C1CC1)n1c(OC)nc2c(-c3cc(C)c(C)nc3C)nccc21. The summed E-state index contributed by atoms with van der Waals surface area (Å²) in [4.78, 5) is 14.2. The Labute approximate surface area is 154 Å². The highest BCUT2D eigenvalue weighted by molar-refractivity contribution is 5.91. The van der Waals surface area contributed by atoms with E-state index in [1.54, 1.807) is 7.11 Å². The molecule has 3 heterocycles. The predicted molar refractivity (Wildman–Crippen MR) is 104 cm³/mol. The van der Waals surface area contributed by atoms with Crippen LogP contribution < -0.4 is 4.74 Å². The molecule has 0 amide bonds. The van der Waals surface area contributed by atoms with Gasteiger partial charge in [-0.1, -0.05) is 6.92 Å². The molecule has 5 heteroatoms. The maximum Gasteiger partial charge on any atom is 0.297 e. The summed E-state index contributed by atoms with van der Waals surface area (Å²) in [6.45, 7) is 8.41. The van der Waals surface area contributed by atoms with Gasteiger partial charge in [-0.2, -0.15) is 4.98 Å². The minimum Gasteiger partial charge on any atom is -0.468 e. The lowest BCUT2D eigenvalue weighted by molar-refractivity contribution is 0.323. The normalized spacial score (nSPS) is 15.4. The number of hydrogen-bond acceptors (Lipinski definition) is 4. The molecule has 0 bridgehead atoms. The number of nitrogens with zero attached hydrogens (tertiary/aromatic N) is 4. The van der Waals surface area contributed by atoms with E-state index in [4.69, 9.17) is 9.72 Å². The third kappa shape index (κ3) is 2.66. The molecule has 0 aliphatic heterocycles. The quantitative estimate of drug-likeness (QED) is 0.664. The smallest absolute Gasteiger partial charge is 0.297 e. The minimum absolute atomic E-state index is 0.434. The first-order chi connectivity index (χ1) is 12.5. The fourth-order valence-corrected chi connectivity index (χ4v) is 3.94. The molecule has 3 aromatic rings. The lowest BCUT2D eigenvalue weighted by Gasteiger charge is -2.19. The Morgan fingerprint density at radius 2 is 1.96 bits per heavy atom. The van der Waals surface area contributed by atoms with E-state index in [2.05, 4.69) is 40.5 Å². The van der Waals surface area contributed by atoms with E-state index in [0.717, 1.165) is 46.0 Å². The van der Waals surface area contributed by atoms with Crippen molar-refractivity contribution < 1.29 is 4.74 Å². The van der Waals surface area contributed by atoms with Crippen molar-refractivity contribution in [2.75, 3.05) is 7.11 Å². The van der Waals surface area contributed by atoms with Crippen LogP contribution >= 0.6 is 0 Å². The van der Waals surface area contributed by atoms with E-state index >= 15 is 0 Å². The predicted octanol–water partition coefficient (Wildman–Crippen LogP) is 4.79. The molecule has 0 radical (unpaired) electrons. The van der Waals surface area contributed by atoms with Crippen LogP contribution in [0.25, 0.3) is 22.3 Å². The summed E-state index contributed by atoms with van der Waals surface area (Å²) >= 11 is 0. The van der Waals surface area contributed by atoms with Gasteiger partial charge in [-0.15, -0.1) is 0 Å². The number of hydrogen-bond donors (Lipinski definition) is 0. The van der Waals surface area contributed by atoms with Gasteiger partial charge in [-0.05, 0) is 63.6 Å². The van der Waals surface area contributed by atoms with Crippen LogP contribution in [0.2, 0.25) is 0 Å². The first-order valence-corrected chi connectivity index (χ1v) is 9.41. The molecule has 1 fully saturated rings. The van der Waals surface area contributed by atoms with Crippen molar-refractivity contribution in [3.8, 4) is 17.3 Å². The topological polar surface area (TPSA) is 52.8 Å². The van der Waals surface area contributed by atoms with Crippen LogP contribution in [0.1, 0.15) is 49.2 Å². The third-order valence-corrected chi connectivity index (χ3v) is 5.59. The highest BCUT2D eigenvalue weighted by atomic mass is 16.5. The Morgan fingerprint density at radius 1 is 1.19 bits per heavy atom. The van der Waals surface area contributed by atoms with Gasteiger partial charge in [0.2, 0.25) is 0 Å². The Hall–Kier alpha value is -2.43. The molecule has 26 heavy (non-hydrogen) atoms. The van der Waals surface area contributed by atoms with E-state index in [9.17, 15) is 0 Å². The molecule has 1 unspecified atom stereocenters. The molecule has 1 saturated carbocycles. The second-order valence-electron chi connectivity index (χ2n) is 7.33. The van der Waals surface area contributed by atoms with Gasteiger partial charge < -0.3 is 4.74 Å². The van der Waals surface area contributed by atoms with Crippen molar-refractivity contribution in [1.29, 1.82) is 0 Å². The highest BCUT2D eigenvalue weighted by Gasteiger charge is 2.34. The number of pyridine rings is 2. The maximum absolute atomic E-state index is 5.66. The molecule has 5 nitrogen and oxygen atoms in total. The van der Waals surface area contributed by atoms with Gasteiger partial charge in [0, 0.05) is 29.2 Å². The van der Waals surface area contributed by atoms with Crippen molar-refractivity contribution in [3.63, 3.8) is 0 Å². The lowest BCUT2D eigenvalue weighted by atomic mass is 10.0. The lowest BCUT2D eigenvalue weighted by Crippen LogP contribution is -2.11. The molecule has 4 rings (SSSR count). The summed E-state index contributed by atoms with van der Waals surface area (Å²) in [5.74, 6) is 0.730. The summed E-state index contributed by atoms with van der Waals surface area (Å²) in [5, 5.41) is 0. The van der Waals surface area contributed by atoms with Gasteiger partial charge in [-0.25, -0.2) is 0 Å². The average Bonchev–Trinajstić information content (AvgIpc) is 3.39. The van der Waals surface area contributed by atoms with Crippen molar-refractivity contribution in [2.24, 2.45) is 5.92 Å². The molecular formula is C21H26N4O. The Kier molecular flexibility index (Phi) is 4.17. The number of aryl methyl sites for hydroxylation is 3. The first kappa shape index (κ1) is 17.0. The monoisotopic (exact) mass is 350 g/mol. The summed E-state index contributed by atoms with van der Waals surface area (Å²) in [6.07, 6.45) is 5.54. The van der Waals surface area contributed by atoms with E-state index in [1.165, 1.54) is 18.4 Å². The van der Waals surface area contributed by atoms with Gasteiger partial charge >= 0.3 is 0 Å². The van der Waals surface area contributed by atoms with Gasteiger partial charge in [0.1, 0.15) is 5.52 Å². The van der Waals surface area contributed by atoms with Gasteiger partial charge in [0.05, 0.1) is 18.3 Å². The van der Waals surface area contributed by atoms with Crippen LogP contribution in [-0.4, -0.2) is 26.6 Å². The number of fused-ring (bicyclic) bond motifs is 1. The molecule has 0 saturated heterocycles. The van der Waals surface area contributed by atoms with Gasteiger partial charge in [-0.3, -0.25) is 14.5 Å². The number of imidazole rings is 1. The standard InChI is InChI=1S/C21H26N4O/c1-6-17(15-7-8-15)25-18-9-10-22-19(20(18)24-21(25)26-5)16-11-12(2)13(3)23-14(16)4/h9-11,15,17H,6-8H2,1-5H3. The van der Waals surface area contributed by atoms with Crippen LogP contribution in [0.15, 0.2) is 18.3 Å². The fourth-order valence-electron chi connectivity index (χ4n) is 3.94. The summed E-state index contributed by atoms with van der Waals surface area (Å²) < 4.78 is 7.94. The van der Waals surface area contributed by atoms with E-state index in [1.807, 2.05) is 20.0 Å². The number of ether oxygens (including phenoxy) is 1. The van der Waals surface area contributed by atoms with Crippen LogP contribution in [0.3, 0.4) is 0 Å². The molecule has 1 aliphatic rings. The zero-order valence-corrected chi connectivity index (χ0v) is 16.2. The van der Waals surface area contributed by atoms with Gasteiger partial charge in [0.15, 0.2) is 0 Å². The molecule has 1 aliphatic carbocycles. The molecule has 1 atom stereocenters. The fraction of sp³-hybridized carbons (Fsp3) is 0.476. The Balaban J connectivity index is 1.96. The zero-order valence-electron chi connectivity index (χ0n) is 16.2. The van der Waals surface area contributed by atoms with E-state index < -0.39 is 0 Å². The second-order valence-corrected chi connectivity index (χ2v) is 7.33. The van der Waals surface area contributed by atoms with Crippen LogP contribution in [0.5, 0.6) is 6.01 Å². The Bertz CT molecular complexity index is 972. The third-order valence-electron chi connectivity index (χ3n) is 5.59. The molecule has 136 valence electrons. The largest absolute Gasteiger partial charge is 0.468 e. The van der Waals surface area contributed by atoms with E-state index in [0.29, 0.717) is 12.1 Å². The number of rotatable bonds is 5. The second kappa shape index (κ2) is 6.38. The van der Waals surface area contributed by atoms with Crippen LogP contribution in [-0.2, 0) is 0 Å². The van der Waals surface area contributed by atoms with Crippen molar-refractivity contribution in [1.82, 2.24) is 19.5 Å². The molecule has 0 N–H and O–H groups in total. The number of aromatic nitrogens is 4. The van der Waals surface area contributed by atoms with Crippen molar-refractivity contribution in [3.05, 3.63) is 35.3 Å². The zero-order chi connectivity index (χ0) is 18.4. The average molecular weight is 350 g/mol. The van der Waals surface area contributed by atoms with Crippen molar-refractivity contribution in [2.45, 2.75) is 53.0 Å². The summed E-state index contributed by atoms with van der Waals surface area (Å²) in [5.41, 5.74) is 7.14. The summed E-state index contributed by atoms with van der Waals surface area (Å²) in [6, 6.07) is 5.35. The molecule has 0 aromatic carbocycles. The first-order valence-electron chi connectivity index (χ1n) is 9.41. The van der Waals surface area contributed by atoms with Crippen molar-refractivity contribution >= 4 is 11.0 Å². The highest BCUT2D eigenvalue weighted by Crippen LogP contribution is 2.45. The molecule has 0 spiro atoms.